The number of aromatic nitrogens is 2. The molecule has 0 aliphatic carbocycles. The summed E-state index contributed by atoms with van der Waals surface area (Å²) in [5.74, 6) is 6.66. The number of aromatic amines is 1. The molecule has 2 aromatic rings. The lowest BCUT2D eigenvalue weighted by atomic mass is 10.2. The minimum atomic E-state index is 0.182. The first-order valence-electron chi connectivity index (χ1n) is 5.48. The SMILES string of the molecule is CC(C)Oc1ccc(-c2cnc(NN)[nH]2)cc1. The lowest BCUT2D eigenvalue weighted by molar-refractivity contribution is 0.242. The van der Waals surface area contributed by atoms with Crippen molar-refractivity contribution in [3.63, 3.8) is 0 Å². The molecule has 0 radical (unpaired) electrons. The highest BCUT2D eigenvalue weighted by Gasteiger charge is 2.03. The molecular weight excluding hydrogens is 216 g/mol. The van der Waals surface area contributed by atoms with E-state index in [9.17, 15) is 0 Å². The zero-order chi connectivity index (χ0) is 12.3. The summed E-state index contributed by atoms with van der Waals surface area (Å²) in [6.45, 7) is 4.00. The van der Waals surface area contributed by atoms with Gasteiger partial charge < -0.3 is 9.72 Å². The molecule has 0 saturated heterocycles. The highest BCUT2D eigenvalue weighted by Crippen LogP contribution is 2.22. The Morgan fingerprint density at radius 1 is 1.29 bits per heavy atom. The van der Waals surface area contributed by atoms with Gasteiger partial charge >= 0.3 is 0 Å². The normalized spacial score (nSPS) is 10.6. The number of benzene rings is 1. The van der Waals surface area contributed by atoms with Gasteiger partial charge in [-0.3, -0.25) is 5.43 Å². The van der Waals surface area contributed by atoms with Crippen LogP contribution in [-0.2, 0) is 0 Å². The van der Waals surface area contributed by atoms with Crippen molar-refractivity contribution >= 4 is 5.95 Å². The van der Waals surface area contributed by atoms with Crippen LogP contribution in [-0.4, -0.2) is 16.1 Å². The summed E-state index contributed by atoms with van der Waals surface area (Å²) in [6.07, 6.45) is 1.91. The second kappa shape index (κ2) is 4.88. The minimum absolute atomic E-state index is 0.182. The average molecular weight is 232 g/mol. The van der Waals surface area contributed by atoms with Crippen molar-refractivity contribution < 1.29 is 4.74 Å². The number of imidazole rings is 1. The second-order valence-corrected chi connectivity index (χ2v) is 3.98. The molecule has 17 heavy (non-hydrogen) atoms. The summed E-state index contributed by atoms with van der Waals surface area (Å²) in [5, 5.41) is 0. The number of nitrogens with two attached hydrogens (primary N) is 1. The molecule has 1 aromatic carbocycles. The largest absolute Gasteiger partial charge is 0.491 e. The van der Waals surface area contributed by atoms with Crippen LogP contribution in [0.4, 0.5) is 5.95 Å². The van der Waals surface area contributed by atoms with Crippen molar-refractivity contribution in [2.75, 3.05) is 5.43 Å². The summed E-state index contributed by atoms with van der Waals surface area (Å²) in [6, 6.07) is 7.83. The summed E-state index contributed by atoms with van der Waals surface area (Å²) in [5.41, 5.74) is 4.41. The Bertz CT molecular complexity index is 476. The predicted octanol–water partition coefficient (Wildman–Crippen LogP) is 2.15. The lowest BCUT2D eigenvalue weighted by Gasteiger charge is -2.09. The van der Waals surface area contributed by atoms with E-state index in [0.717, 1.165) is 17.0 Å². The van der Waals surface area contributed by atoms with Gasteiger partial charge in [0.2, 0.25) is 5.95 Å². The number of H-pyrrole nitrogens is 1. The Morgan fingerprint density at radius 3 is 2.53 bits per heavy atom. The van der Waals surface area contributed by atoms with E-state index >= 15 is 0 Å². The van der Waals surface area contributed by atoms with E-state index in [0.29, 0.717) is 5.95 Å². The summed E-state index contributed by atoms with van der Waals surface area (Å²) in [7, 11) is 0. The van der Waals surface area contributed by atoms with Crippen LogP contribution in [0.2, 0.25) is 0 Å². The van der Waals surface area contributed by atoms with Crippen LogP contribution in [0.3, 0.4) is 0 Å². The molecule has 0 atom stereocenters. The summed E-state index contributed by atoms with van der Waals surface area (Å²) >= 11 is 0. The molecule has 1 heterocycles. The van der Waals surface area contributed by atoms with Crippen LogP contribution in [0.25, 0.3) is 11.3 Å². The minimum Gasteiger partial charge on any atom is -0.491 e. The number of rotatable bonds is 4. The number of hydrogen-bond acceptors (Lipinski definition) is 4. The Morgan fingerprint density at radius 2 is 2.00 bits per heavy atom. The zero-order valence-electron chi connectivity index (χ0n) is 9.90. The van der Waals surface area contributed by atoms with Crippen LogP contribution in [0, 0.1) is 0 Å². The van der Waals surface area contributed by atoms with Gasteiger partial charge in [-0.1, -0.05) is 0 Å². The van der Waals surface area contributed by atoms with Crippen molar-refractivity contribution in [2.45, 2.75) is 20.0 Å². The Labute approximate surface area is 100.0 Å². The topological polar surface area (TPSA) is 76.0 Å². The molecule has 90 valence electrons. The van der Waals surface area contributed by atoms with Crippen molar-refractivity contribution in [1.29, 1.82) is 0 Å². The molecule has 0 aliphatic heterocycles. The maximum absolute atomic E-state index is 5.57. The van der Waals surface area contributed by atoms with Gasteiger partial charge in [-0.25, -0.2) is 10.8 Å². The smallest absolute Gasteiger partial charge is 0.215 e. The fraction of sp³-hybridized carbons (Fsp3) is 0.250. The third-order valence-corrected chi connectivity index (χ3v) is 2.25. The van der Waals surface area contributed by atoms with Gasteiger partial charge in [0, 0.05) is 0 Å². The van der Waals surface area contributed by atoms with Gasteiger partial charge in [-0.05, 0) is 43.7 Å². The van der Waals surface area contributed by atoms with E-state index in [4.69, 9.17) is 10.6 Å². The van der Waals surface area contributed by atoms with Gasteiger partial charge in [0.25, 0.3) is 0 Å². The van der Waals surface area contributed by atoms with Crippen LogP contribution >= 0.6 is 0 Å². The van der Waals surface area contributed by atoms with Gasteiger partial charge in [0.05, 0.1) is 18.0 Å². The third-order valence-electron chi connectivity index (χ3n) is 2.25. The summed E-state index contributed by atoms with van der Waals surface area (Å²) < 4.78 is 5.57. The van der Waals surface area contributed by atoms with Crippen molar-refractivity contribution in [2.24, 2.45) is 5.84 Å². The fourth-order valence-corrected chi connectivity index (χ4v) is 1.53. The molecule has 0 spiro atoms. The maximum atomic E-state index is 5.57. The molecule has 0 unspecified atom stereocenters. The molecule has 2 rings (SSSR count). The molecule has 0 fully saturated rings. The van der Waals surface area contributed by atoms with E-state index in [1.54, 1.807) is 6.20 Å². The third kappa shape index (κ3) is 2.76. The standard InChI is InChI=1S/C12H16N4O/c1-8(2)17-10-5-3-9(4-6-10)11-7-14-12(15-11)16-13/h3-8H,13H2,1-2H3,(H2,14,15,16). The zero-order valence-corrected chi connectivity index (χ0v) is 9.90. The molecule has 0 amide bonds. The summed E-state index contributed by atoms with van der Waals surface area (Å²) in [4.78, 5) is 7.11. The van der Waals surface area contributed by atoms with E-state index in [-0.39, 0.29) is 6.10 Å². The number of hydrogen-bond donors (Lipinski definition) is 3. The molecular formula is C12H16N4O. The number of anilines is 1. The van der Waals surface area contributed by atoms with Crippen LogP contribution in [0.1, 0.15) is 13.8 Å². The van der Waals surface area contributed by atoms with Gasteiger partial charge in [0.15, 0.2) is 0 Å². The van der Waals surface area contributed by atoms with E-state index in [2.05, 4.69) is 15.4 Å². The van der Waals surface area contributed by atoms with Crippen molar-refractivity contribution in [1.82, 2.24) is 9.97 Å². The Hall–Kier alpha value is -2.01. The average Bonchev–Trinajstić information content (AvgIpc) is 2.78. The highest BCUT2D eigenvalue weighted by atomic mass is 16.5. The first-order valence-corrected chi connectivity index (χ1v) is 5.48. The predicted molar refractivity (Wildman–Crippen MR) is 67.6 cm³/mol. The lowest BCUT2D eigenvalue weighted by Crippen LogP contribution is -2.07. The number of nitrogens with one attached hydrogen (secondary N) is 2. The molecule has 0 aliphatic rings. The number of nitrogen functional groups attached to an aromatic ring is 1. The molecule has 0 saturated carbocycles. The van der Waals surface area contributed by atoms with E-state index in [1.165, 1.54) is 0 Å². The Balaban J connectivity index is 2.17. The quantitative estimate of drug-likeness (QED) is 0.557. The van der Waals surface area contributed by atoms with Crippen LogP contribution in [0.15, 0.2) is 30.5 Å². The van der Waals surface area contributed by atoms with Gasteiger partial charge in [0.1, 0.15) is 5.75 Å². The van der Waals surface area contributed by atoms with Crippen molar-refractivity contribution in [3.05, 3.63) is 30.5 Å². The maximum Gasteiger partial charge on any atom is 0.215 e. The molecule has 5 nitrogen and oxygen atoms in total. The highest BCUT2D eigenvalue weighted by molar-refractivity contribution is 5.61. The van der Waals surface area contributed by atoms with Crippen LogP contribution in [0.5, 0.6) is 5.75 Å². The number of nitrogens with zero attached hydrogens (tertiary/aromatic N) is 1. The Kier molecular flexibility index (Phi) is 3.30. The first-order chi connectivity index (χ1) is 8.19. The molecule has 1 aromatic heterocycles. The van der Waals surface area contributed by atoms with E-state index < -0.39 is 0 Å². The van der Waals surface area contributed by atoms with Gasteiger partial charge in [-0.2, -0.15) is 0 Å². The first kappa shape index (κ1) is 11.5. The van der Waals surface area contributed by atoms with E-state index in [1.807, 2.05) is 38.1 Å². The molecule has 5 heteroatoms. The molecule has 4 N–H and O–H groups in total. The second-order valence-electron chi connectivity index (χ2n) is 3.98. The number of ether oxygens (including phenoxy) is 1. The molecule has 0 bridgehead atoms. The van der Waals surface area contributed by atoms with Crippen molar-refractivity contribution in [3.8, 4) is 17.0 Å². The van der Waals surface area contributed by atoms with Gasteiger partial charge in [-0.15, -0.1) is 0 Å². The number of hydrazine groups is 1. The fourth-order valence-electron chi connectivity index (χ4n) is 1.53. The van der Waals surface area contributed by atoms with Crippen LogP contribution < -0.4 is 16.0 Å². The monoisotopic (exact) mass is 232 g/mol.